The monoisotopic (exact) mass is 568 g/mol. The Hall–Kier alpha value is -1.94. The van der Waals surface area contributed by atoms with Crippen LogP contribution in [0.1, 0.15) is 70.3 Å². The van der Waals surface area contributed by atoms with Crippen LogP contribution in [0, 0.1) is 11.7 Å². The Balaban J connectivity index is 1.83. The van der Waals surface area contributed by atoms with Crippen molar-refractivity contribution in [1.82, 2.24) is 20.9 Å². The average Bonchev–Trinajstić information content (AvgIpc) is 2.92. The molecular formula is C29H46ClFN4O4. The molecule has 2 fully saturated rings. The number of hydrogen-bond acceptors (Lipinski definition) is 5. The van der Waals surface area contributed by atoms with Gasteiger partial charge in [0.15, 0.2) is 0 Å². The number of nitrogens with zero attached hydrogens (tertiary/aromatic N) is 1. The Kier molecular flexibility index (Phi) is 12.8. The first-order valence-electron chi connectivity index (χ1n) is 14.3. The summed E-state index contributed by atoms with van der Waals surface area (Å²) in [5, 5.41) is 9.46. The van der Waals surface area contributed by atoms with E-state index in [1.165, 1.54) is 45.1 Å². The lowest BCUT2D eigenvalue weighted by Crippen LogP contribution is -2.62. The number of methoxy groups -OCH3 is 1. The quantitative estimate of drug-likeness (QED) is 0.303. The number of hydrogen-bond donors (Lipinski definition) is 3. The van der Waals surface area contributed by atoms with Crippen molar-refractivity contribution in [2.24, 2.45) is 5.92 Å². The highest BCUT2D eigenvalue weighted by Crippen LogP contribution is 2.38. The lowest BCUT2D eigenvalue weighted by atomic mass is 9.78. The first-order chi connectivity index (χ1) is 18.8. The van der Waals surface area contributed by atoms with Crippen LogP contribution in [0.25, 0.3) is 0 Å². The molecule has 1 aliphatic carbocycles. The number of likely N-dealkylation sites (N-methyl/N-ethyl adjacent to an activating group) is 1. The van der Waals surface area contributed by atoms with Crippen LogP contribution < -0.4 is 16.0 Å². The molecule has 3 atom stereocenters. The van der Waals surface area contributed by atoms with E-state index < -0.39 is 17.5 Å². The topological polar surface area (TPSA) is 91.9 Å². The Bertz CT molecular complexity index is 933. The molecule has 39 heavy (non-hydrogen) atoms. The smallest absolute Gasteiger partial charge is 0.317 e. The summed E-state index contributed by atoms with van der Waals surface area (Å²) in [6, 6.07) is 4.66. The molecule has 3 rings (SSSR count). The minimum atomic E-state index is -1.21. The minimum absolute atomic E-state index is 0.0198. The van der Waals surface area contributed by atoms with Gasteiger partial charge in [0.25, 0.3) is 0 Å². The molecule has 1 aliphatic heterocycles. The van der Waals surface area contributed by atoms with E-state index in [9.17, 15) is 9.59 Å². The van der Waals surface area contributed by atoms with Gasteiger partial charge in [-0.05, 0) is 44.7 Å². The second-order valence-corrected chi connectivity index (χ2v) is 11.4. The molecule has 3 amide bonds. The summed E-state index contributed by atoms with van der Waals surface area (Å²) in [4.78, 5) is 27.8. The summed E-state index contributed by atoms with van der Waals surface area (Å²) in [6.45, 7) is 3.54. The Morgan fingerprint density at radius 1 is 1.26 bits per heavy atom. The number of carbonyl (C=O) groups is 2. The summed E-state index contributed by atoms with van der Waals surface area (Å²) in [7, 11) is 3.53. The second kappa shape index (κ2) is 15.7. The maximum atomic E-state index is 15.5. The SMILES string of the molecule is CNC[C@H](CC1CCCCC1)NC(=O)N1CCOC(C(CCCCOC)(NC(C)=O)c2cccc(Cl)c2F)C1. The van der Waals surface area contributed by atoms with Gasteiger partial charge in [-0.3, -0.25) is 4.79 Å². The number of unbranched alkanes of at least 4 members (excludes halogenated alkanes) is 1. The summed E-state index contributed by atoms with van der Waals surface area (Å²) in [6.07, 6.45) is 8.29. The van der Waals surface area contributed by atoms with Crippen molar-refractivity contribution in [3.63, 3.8) is 0 Å². The van der Waals surface area contributed by atoms with Crippen molar-refractivity contribution in [2.75, 3.05) is 47.0 Å². The lowest BCUT2D eigenvalue weighted by molar-refractivity contribution is -0.127. The third kappa shape index (κ3) is 8.77. The highest BCUT2D eigenvalue weighted by molar-refractivity contribution is 6.30. The zero-order chi connectivity index (χ0) is 28.3. The maximum absolute atomic E-state index is 15.5. The van der Waals surface area contributed by atoms with E-state index in [2.05, 4.69) is 16.0 Å². The molecule has 8 nitrogen and oxygen atoms in total. The van der Waals surface area contributed by atoms with E-state index in [0.717, 1.165) is 12.8 Å². The fourth-order valence-electron chi connectivity index (χ4n) is 6.15. The highest BCUT2D eigenvalue weighted by atomic mass is 35.5. The molecule has 0 bridgehead atoms. The van der Waals surface area contributed by atoms with Gasteiger partial charge >= 0.3 is 6.03 Å². The van der Waals surface area contributed by atoms with Crippen LogP contribution in [0.3, 0.4) is 0 Å². The van der Waals surface area contributed by atoms with Gasteiger partial charge in [0, 0.05) is 45.3 Å². The van der Waals surface area contributed by atoms with E-state index in [4.69, 9.17) is 21.1 Å². The average molecular weight is 569 g/mol. The molecule has 1 heterocycles. The van der Waals surface area contributed by atoms with Crippen molar-refractivity contribution in [2.45, 2.75) is 82.4 Å². The molecular weight excluding hydrogens is 523 g/mol. The van der Waals surface area contributed by atoms with E-state index >= 15 is 4.39 Å². The zero-order valence-electron chi connectivity index (χ0n) is 23.7. The van der Waals surface area contributed by atoms with Crippen LogP contribution in [-0.4, -0.2) is 76.0 Å². The largest absolute Gasteiger partial charge is 0.385 e. The van der Waals surface area contributed by atoms with Gasteiger partial charge in [0.05, 0.1) is 23.7 Å². The first kappa shape index (κ1) is 31.6. The van der Waals surface area contributed by atoms with Gasteiger partial charge in [-0.15, -0.1) is 0 Å². The van der Waals surface area contributed by atoms with Crippen molar-refractivity contribution in [3.8, 4) is 0 Å². The lowest BCUT2D eigenvalue weighted by Gasteiger charge is -2.46. The van der Waals surface area contributed by atoms with Crippen molar-refractivity contribution >= 4 is 23.5 Å². The Labute approximate surface area is 237 Å². The summed E-state index contributed by atoms with van der Waals surface area (Å²) < 4.78 is 27.0. The van der Waals surface area contributed by atoms with Crippen molar-refractivity contribution in [3.05, 3.63) is 34.6 Å². The number of nitrogens with one attached hydrogen (secondary N) is 3. The Morgan fingerprint density at radius 3 is 2.72 bits per heavy atom. The fourth-order valence-corrected chi connectivity index (χ4v) is 6.33. The number of rotatable bonds is 13. The summed E-state index contributed by atoms with van der Waals surface area (Å²) in [5.41, 5.74) is -0.944. The molecule has 2 aliphatic rings. The summed E-state index contributed by atoms with van der Waals surface area (Å²) in [5.74, 6) is -0.278. The molecule has 0 radical (unpaired) electrons. The van der Waals surface area contributed by atoms with E-state index in [1.54, 1.807) is 24.1 Å². The van der Waals surface area contributed by atoms with Gasteiger partial charge in [0.2, 0.25) is 5.91 Å². The van der Waals surface area contributed by atoms with Crippen LogP contribution in [-0.2, 0) is 19.8 Å². The maximum Gasteiger partial charge on any atom is 0.317 e. The molecule has 1 aromatic rings. The van der Waals surface area contributed by atoms with Gasteiger partial charge < -0.3 is 30.3 Å². The molecule has 0 aromatic heterocycles. The predicted octanol–water partition coefficient (Wildman–Crippen LogP) is 4.60. The number of carbonyl (C=O) groups excluding carboxylic acids is 2. The van der Waals surface area contributed by atoms with E-state index in [-0.39, 0.29) is 41.7 Å². The third-order valence-corrected chi connectivity index (χ3v) is 8.32. The molecule has 1 saturated heterocycles. The molecule has 1 aromatic carbocycles. The fraction of sp³-hybridized carbons (Fsp3) is 0.724. The van der Waals surface area contributed by atoms with E-state index in [0.29, 0.717) is 38.5 Å². The summed E-state index contributed by atoms with van der Waals surface area (Å²) >= 11 is 6.20. The molecule has 3 N–H and O–H groups in total. The van der Waals surface area contributed by atoms with Gasteiger partial charge in [-0.1, -0.05) is 55.8 Å². The molecule has 2 unspecified atom stereocenters. The molecule has 0 spiro atoms. The first-order valence-corrected chi connectivity index (χ1v) is 14.7. The van der Waals surface area contributed by atoms with Crippen LogP contribution in [0.2, 0.25) is 5.02 Å². The van der Waals surface area contributed by atoms with Gasteiger partial charge in [-0.25, -0.2) is 9.18 Å². The number of halogens is 2. The zero-order valence-corrected chi connectivity index (χ0v) is 24.5. The van der Waals surface area contributed by atoms with Crippen LogP contribution in [0.4, 0.5) is 9.18 Å². The third-order valence-electron chi connectivity index (χ3n) is 8.02. The molecule has 1 saturated carbocycles. The number of ether oxygens (including phenoxy) is 2. The van der Waals surface area contributed by atoms with Crippen LogP contribution in [0.5, 0.6) is 0 Å². The van der Waals surface area contributed by atoms with Gasteiger partial charge in [0.1, 0.15) is 11.9 Å². The van der Waals surface area contributed by atoms with Crippen LogP contribution in [0.15, 0.2) is 18.2 Å². The van der Waals surface area contributed by atoms with Gasteiger partial charge in [-0.2, -0.15) is 0 Å². The van der Waals surface area contributed by atoms with Crippen molar-refractivity contribution < 1.29 is 23.5 Å². The van der Waals surface area contributed by atoms with Crippen molar-refractivity contribution in [1.29, 1.82) is 0 Å². The minimum Gasteiger partial charge on any atom is -0.385 e. The van der Waals surface area contributed by atoms with E-state index in [1.807, 2.05) is 7.05 Å². The second-order valence-electron chi connectivity index (χ2n) is 11.0. The number of urea groups is 1. The number of amides is 3. The normalized spacial score (nSPS) is 20.7. The molecule has 220 valence electrons. The van der Waals surface area contributed by atoms with Crippen LogP contribution >= 0.6 is 11.6 Å². The number of benzene rings is 1. The Morgan fingerprint density at radius 2 is 2.03 bits per heavy atom. The molecule has 10 heteroatoms. The number of morpholine rings is 1. The predicted molar refractivity (Wildman–Crippen MR) is 151 cm³/mol. The standard InChI is InChI=1S/C29H46ClFN4O4/c1-21(36)34-29(14-7-8-16-38-3,24-12-9-13-25(30)27(24)31)26-20-35(15-17-39-26)28(37)33-23(19-32-2)18-22-10-5-4-6-11-22/h9,12-13,22-23,26,32H,4-8,10-11,14-20H2,1-3H3,(H,33,37)(H,34,36)/t23-,26?,29?/m0/s1. The highest BCUT2D eigenvalue weighted by Gasteiger charge is 2.46.